The number of para-hydroxylation sites is 1. The van der Waals surface area contributed by atoms with Crippen LogP contribution in [0.2, 0.25) is 0 Å². The third-order valence-electron chi connectivity index (χ3n) is 3.03. The van der Waals surface area contributed by atoms with E-state index in [4.69, 9.17) is 10.6 Å². The summed E-state index contributed by atoms with van der Waals surface area (Å²) >= 11 is 0. The highest BCUT2D eigenvalue weighted by Gasteiger charge is 2.35. The summed E-state index contributed by atoms with van der Waals surface area (Å²) in [6.45, 7) is 1.84. The van der Waals surface area contributed by atoms with Crippen LogP contribution in [0, 0.1) is 0 Å². The lowest BCUT2D eigenvalue weighted by Crippen LogP contribution is -2.48. The smallest absolute Gasteiger partial charge is 0.379 e. The number of nitrogens with one attached hydrogen (secondary N) is 2. The molecule has 6 nitrogen and oxygen atoms in total. The van der Waals surface area contributed by atoms with E-state index < -0.39 is 23.3 Å². The second-order valence-corrected chi connectivity index (χ2v) is 4.41. The first-order chi connectivity index (χ1) is 9.93. The van der Waals surface area contributed by atoms with Crippen molar-refractivity contribution in [3.8, 4) is 0 Å². The van der Waals surface area contributed by atoms with E-state index >= 15 is 0 Å². The average molecular weight is 304 g/mol. The van der Waals surface area contributed by atoms with Gasteiger partial charge in [-0.25, -0.2) is 5.01 Å². The molecule has 0 bridgehead atoms. The van der Waals surface area contributed by atoms with Crippen LogP contribution < -0.4 is 16.7 Å². The van der Waals surface area contributed by atoms with Crippen molar-refractivity contribution in [3.05, 3.63) is 29.3 Å². The summed E-state index contributed by atoms with van der Waals surface area (Å²) in [6, 6.07) is 3.30. The number of hydrazine groups is 2. The Morgan fingerprint density at radius 3 is 2.52 bits per heavy atom. The number of nitrogens with two attached hydrogens (primary N) is 1. The van der Waals surface area contributed by atoms with Gasteiger partial charge in [-0.3, -0.25) is 16.1 Å². The Morgan fingerprint density at radius 1 is 1.29 bits per heavy atom. The molecule has 1 aromatic carbocycles. The van der Waals surface area contributed by atoms with E-state index in [-0.39, 0.29) is 5.56 Å². The summed E-state index contributed by atoms with van der Waals surface area (Å²) in [4.78, 5) is 12.1. The van der Waals surface area contributed by atoms with Crippen LogP contribution in [0.4, 0.5) is 18.9 Å². The molecule has 9 heteroatoms. The number of benzene rings is 1. The predicted octanol–water partition coefficient (Wildman–Crippen LogP) is 0.968. The number of nitrogens with zero attached hydrogens (tertiary/aromatic N) is 1. The number of alkyl halides is 3. The molecule has 0 aliphatic carbocycles. The quantitative estimate of drug-likeness (QED) is 0.573. The van der Waals surface area contributed by atoms with Gasteiger partial charge in [-0.15, -0.1) is 0 Å². The van der Waals surface area contributed by atoms with Gasteiger partial charge < -0.3 is 10.2 Å². The summed E-state index contributed by atoms with van der Waals surface area (Å²) < 4.78 is 43.8. The number of ether oxygens (including phenoxy) is 1. The molecule has 0 radical (unpaired) electrons. The molecule has 1 heterocycles. The van der Waals surface area contributed by atoms with Gasteiger partial charge in [-0.05, 0) is 12.1 Å². The van der Waals surface area contributed by atoms with Crippen LogP contribution in [0.25, 0.3) is 0 Å². The van der Waals surface area contributed by atoms with E-state index in [9.17, 15) is 18.0 Å². The fourth-order valence-corrected chi connectivity index (χ4v) is 2.01. The van der Waals surface area contributed by atoms with Crippen LogP contribution >= 0.6 is 0 Å². The van der Waals surface area contributed by atoms with E-state index in [0.29, 0.717) is 26.3 Å². The SMILES string of the molecule is NNc1c(C(=O)NN2CCOCC2)cccc1C(F)(F)F. The van der Waals surface area contributed by atoms with Gasteiger partial charge in [-0.2, -0.15) is 13.2 Å². The van der Waals surface area contributed by atoms with Crippen molar-refractivity contribution < 1.29 is 22.7 Å². The molecule has 21 heavy (non-hydrogen) atoms. The molecule has 1 fully saturated rings. The zero-order valence-electron chi connectivity index (χ0n) is 11.0. The second kappa shape index (κ2) is 6.29. The highest BCUT2D eigenvalue weighted by atomic mass is 19.4. The Balaban J connectivity index is 2.24. The van der Waals surface area contributed by atoms with Crippen LogP contribution in [0.15, 0.2) is 18.2 Å². The Labute approximate surface area is 119 Å². The van der Waals surface area contributed by atoms with Crippen molar-refractivity contribution in [2.45, 2.75) is 6.18 Å². The molecule has 1 aliphatic rings. The largest absolute Gasteiger partial charge is 0.418 e. The van der Waals surface area contributed by atoms with E-state index in [1.165, 1.54) is 6.07 Å². The van der Waals surface area contributed by atoms with Crippen LogP contribution in [-0.4, -0.2) is 37.2 Å². The summed E-state index contributed by atoms with van der Waals surface area (Å²) in [7, 11) is 0. The van der Waals surface area contributed by atoms with Gasteiger partial charge in [-0.1, -0.05) is 6.07 Å². The molecule has 0 saturated carbocycles. The summed E-state index contributed by atoms with van der Waals surface area (Å²) in [6.07, 6.45) is -4.60. The first kappa shape index (κ1) is 15.5. The number of amides is 1. The van der Waals surface area contributed by atoms with Crippen LogP contribution in [0.1, 0.15) is 15.9 Å². The topological polar surface area (TPSA) is 79.6 Å². The summed E-state index contributed by atoms with van der Waals surface area (Å²) in [5.41, 5.74) is 2.90. The highest BCUT2D eigenvalue weighted by Crippen LogP contribution is 2.36. The number of hydrogen-bond acceptors (Lipinski definition) is 5. The first-order valence-electron chi connectivity index (χ1n) is 6.24. The fourth-order valence-electron chi connectivity index (χ4n) is 2.01. The minimum atomic E-state index is -4.60. The van der Waals surface area contributed by atoms with Gasteiger partial charge in [0.1, 0.15) is 0 Å². The minimum Gasteiger partial charge on any atom is -0.379 e. The first-order valence-corrected chi connectivity index (χ1v) is 6.24. The molecule has 0 spiro atoms. The van der Waals surface area contributed by atoms with Crippen molar-refractivity contribution in [2.24, 2.45) is 5.84 Å². The van der Waals surface area contributed by atoms with Crippen LogP contribution in [0.5, 0.6) is 0 Å². The van der Waals surface area contributed by atoms with Crippen LogP contribution in [0.3, 0.4) is 0 Å². The van der Waals surface area contributed by atoms with Gasteiger partial charge in [0, 0.05) is 13.1 Å². The van der Waals surface area contributed by atoms with Gasteiger partial charge in [0.25, 0.3) is 5.91 Å². The third-order valence-corrected chi connectivity index (χ3v) is 3.03. The molecule has 0 atom stereocenters. The number of nitrogen functional groups attached to an aromatic ring is 1. The van der Waals surface area contributed by atoms with Gasteiger partial charge in [0.15, 0.2) is 0 Å². The molecule has 1 aliphatic heterocycles. The van der Waals surface area contributed by atoms with Gasteiger partial charge in [0.2, 0.25) is 0 Å². The van der Waals surface area contributed by atoms with Crippen molar-refractivity contribution in [2.75, 3.05) is 31.7 Å². The molecule has 0 unspecified atom stereocenters. The van der Waals surface area contributed by atoms with E-state index in [1.54, 1.807) is 5.01 Å². The summed E-state index contributed by atoms with van der Waals surface area (Å²) in [5, 5.41) is 1.59. The number of morpholine rings is 1. The Morgan fingerprint density at radius 2 is 1.95 bits per heavy atom. The highest BCUT2D eigenvalue weighted by molar-refractivity contribution is 6.00. The lowest BCUT2D eigenvalue weighted by molar-refractivity contribution is -0.137. The average Bonchev–Trinajstić information content (AvgIpc) is 2.46. The monoisotopic (exact) mass is 304 g/mol. The molecule has 116 valence electrons. The Kier molecular flexibility index (Phi) is 4.66. The molecule has 1 saturated heterocycles. The molecular formula is C12H15F3N4O2. The molecule has 4 N–H and O–H groups in total. The lowest BCUT2D eigenvalue weighted by Gasteiger charge is -2.27. The number of anilines is 1. The third kappa shape index (κ3) is 3.63. The Hall–Kier alpha value is -1.84. The number of hydrogen-bond donors (Lipinski definition) is 3. The van der Waals surface area contributed by atoms with Crippen molar-refractivity contribution in [1.29, 1.82) is 0 Å². The predicted molar refractivity (Wildman–Crippen MR) is 69.1 cm³/mol. The number of halogens is 3. The molecular weight excluding hydrogens is 289 g/mol. The summed E-state index contributed by atoms with van der Waals surface area (Å²) in [5.74, 6) is 4.50. The number of rotatable bonds is 3. The maximum atomic E-state index is 12.9. The zero-order chi connectivity index (χ0) is 15.5. The molecule has 2 rings (SSSR count). The standard InChI is InChI=1S/C12H15F3N4O2/c13-12(14,15)9-3-1-2-8(10(9)17-16)11(20)18-19-4-6-21-7-5-19/h1-3,17H,4-7,16H2,(H,18,20). The van der Waals surface area contributed by atoms with E-state index in [0.717, 1.165) is 12.1 Å². The normalized spacial score (nSPS) is 16.6. The van der Waals surface area contributed by atoms with Gasteiger partial charge in [0.05, 0.1) is 30.0 Å². The van der Waals surface area contributed by atoms with Crippen molar-refractivity contribution in [1.82, 2.24) is 10.4 Å². The minimum absolute atomic E-state index is 0.168. The lowest BCUT2D eigenvalue weighted by atomic mass is 10.1. The van der Waals surface area contributed by atoms with E-state index in [2.05, 4.69) is 5.43 Å². The van der Waals surface area contributed by atoms with Crippen LogP contribution in [-0.2, 0) is 10.9 Å². The molecule has 1 aromatic rings. The van der Waals surface area contributed by atoms with Gasteiger partial charge >= 0.3 is 6.18 Å². The van der Waals surface area contributed by atoms with Crippen molar-refractivity contribution in [3.63, 3.8) is 0 Å². The maximum Gasteiger partial charge on any atom is 0.418 e. The maximum absolute atomic E-state index is 12.9. The number of carbonyl (C=O) groups is 1. The van der Waals surface area contributed by atoms with Crippen molar-refractivity contribution >= 4 is 11.6 Å². The fraction of sp³-hybridized carbons (Fsp3) is 0.417. The molecule has 0 aromatic heterocycles. The molecule has 1 amide bonds. The van der Waals surface area contributed by atoms with E-state index in [1.807, 2.05) is 5.43 Å². The Bertz CT molecular complexity index is 516. The second-order valence-electron chi connectivity index (χ2n) is 4.41. The number of carbonyl (C=O) groups excluding carboxylic acids is 1. The zero-order valence-corrected chi connectivity index (χ0v) is 11.0.